The first-order valence-electron chi connectivity index (χ1n) is 4.94. The average molecular weight is 295 g/mol. The lowest BCUT2D eigenvalue weighted by atomic mass is 10.1. The summed E-state index contributed by atoms with van der Waals surface area (Å²) < 4.78 is 0.891. The molecule has 1 heterocycles. The van der Waals surface area contributed by atoms with Crippen molar-refractivity contribution in [3.63, 3.8) is 0 Å². The largest absolute Gasteiger partial charge is 0.394 e. The highest BCUT2D eigenvalue weighted by Gasteiger charge is 2.10. The van der Waals surface area contributed by atoms with E-state index in [1.54, 1.807) is 12.1 Å². The summed E-state index contributed by atoms with van der Waals surface area (Å²) in [5.74, 6) is 0.174. The van der Waals surface area contributed by atoms with Crippen LogP contribution in [0.5, 0.6) is 0 Å². The summed E-state index contributed by atoms with van der Waals surface area (Å²) >= 11 is 3.38. The highest BCUT2D eigenvalue weighted by Crippen LogP contribution is 2.19. The van der Waals surface area contributed by atoms with Crippen molar-refractivity contribution in [2.75, 3.05) is 11.1 Å². The van der Waals surface area contributed by atoms with E-state index in [1.807, 2.05) is 13.0 Å². The molecule has 0 bridgehead atoms. The molecule has 2 rings (SSSR count). The highest BCUT2D eigenvalue weighted by molar-refractivity contribution is 9.10. The Hall–Kier alpha value is -1.82. The van der Waals surface area contributed by atoms with Gasteiger partial charge in [-0.1, -0.05) is 22.0 Å². The summed E-state index contributed by atoms with van der Waals surface area (Å²) in [4.78, 5) is 11.9. The lowest BCUT2D eigenvalue weighted by Crippen LogP contribution is -2.13. The van der Waals surface area contributed by atoms with E-state index in [1.165, 1.54) is 6.20 Å². The van der Waals surface area contributed by atoms with Gasteiger partial charge in [0.1, 0.15) is 0 Å². The maximum Gasteiger partial charge on any atom is 0.256 e. The molecule has 0 radical (unpaired) electrons. The summed E-state index contributed by atoms with van der Waals surface area (Å²) in [6.07, 6.45) is 1.45. The molecule has 0 saturated heterocycles. The molecule has 88 valence electrons. The second-order valence-corrected chi connectivity index (χ2v) is 4.47. The minimum absolute atomic E-state index is 0.235. The van der Waals surface area contributed by atoms with Crippen LogP contribution in [0.4, 0.5) is 11.5 Å². The number of benzene rings is 1. The SMILES string of the molecule is Cc1ccc(C(=O)Nc2[nH]ncc2N)cc1Br. The predicted octanol–water partition coefficient (Wildman–Crippen LogP) is 2.32. The number of nitrogen functional groups attached to an aromatic ring is 1. The van der Waals surface area contributed by atoms with Gasteiger partial charge in [0.2, 0.25) is 0 Å². The lowest BCUT2D eigenvalue weighted by Gasteiger charge is -2.05. The molecule has 1 amide bonds. The quantitative estimate of drug-likeness (QED) is 0.795. The molecule has 1 aromatic heterocycles. The van der Waals surface area contributed by atoms with Crippen LogP contribution in [-0.2, 0) is 0 Å². The van der Waals surface area contributed by atoms with E-state index in [0.29, 0.717) is 17.1 Å². The van der Waals surface area contributed by atoms with E-state index in [4.69, 9.17) is 5.73 Å². The van der Waals surface area contributed by atoms with Crippen LogP contribution in [0.3, 0.4) is 0 Å². The molecule has 0 aliphatic heterocycles. The molecular formula is C11H11BrN4O. The van der Waals surface area contributed by atoms with Crippen LogP contribution in [0.2, 0.25) is 0 Å². The molecule has 0 aliphatic carbocycles. The van der Waals surface area contributed by atoms with Crippen molar-refractivity contribution >= 4 is 33.3 Å². The zero-order valence-corrected chi connectivity index (χ0v) is 10.7. The van der Waals surface area contributed by atoms with Crippen molar-refractivity contribution in [3.05, 3.63) is 40.0 Å². The standard InChI is InChI=1S/C11H11BrN4O/c1-6-2-3-7(4-8(6)12)11(17)15-10-9(13)5-14-16-10/h2-5H,13H2,1H3,(H2,14,15,16,17). The Morgan fingerprint density at radius 1 is 1.53 bits per heavy atom. The zero-order chi connectivity index (χ0) is 12.4. The number of nitrogens with two attached hydrogens (primary N) is 1. The number of H-pyrrole nitrogens is 1. The van der Waals surface area contributed by atoms with Crippen molar-refractivity contribution in [1.29, 1.82) is 0 Å². The molecular weight excluding hydrogens is 284 g/mol. The lowest BCUT2D eigenvalue weighted by molar-refractivity contribution is 0.102. The van der Waals surface area contributed by atoms with Gasteiger partial charge in [0.15, 0.2) is 5.82 Å². The number of aromatic nitrogens is 2. The number of carbonyl (C=O) groups is 1. The van der Waals surface area contributed by atoms with E-state index in [9.17, 15) is 4.79 Å². The van der Waals surface area contributed by atoms with E-state index >= 15 is 0 Å². The van der Waals surface area contributed by atoms with Gasteiger partial charge in [-0.25, -0.2) is 0 Å². The Labute approximate surface area is 107 Å². The Balaban J connectivity index is 2.20. The van der Waals surface area contributed by atoms with Crippen molar-refractivity contribution in [2.24, 2.45) is 0 Å². The number of hydrogen-bond donors (Lipinski definition) is 3. The number of carbonyl (C=O) groups excluding carboxylic acids is 1. The minimum Gasteiger partial charge on any atom is -0.394 e. The van der Waals surface area contributed by atoms with Gasteiger partial charge < -0.3 is 11.1 Å². The third-order valence-electron chi connectivity index (χ3n) is 2.34. The van der Waals surface area contributed by atoms with Gasteiger partial charge in [0, 0.05) is 10.0 Å². The molecule has 0 fully saturated rings. The van der Waals surface area contributed by atoms with Crippen molar-refractivity contribution in [1.82, 2.24) is 10.2 Å². The summed E-state index contributed by atoms with van der Waals surface area (Å²) in [5, 5.41) is 8.99. The number of amides is 1. The minimum atomic E-state index is -0.235. The first kappa shape index (κ1) is 11.7. The molecule has 2 aromatic rings. The number of halogens is 1. The van der Waals surface area contributed by atoms with Crippen LogP contribution >= 0.6 is 15.9 Å². The summed E-state index contributed by atoms with van der Waals surface area (Å²) in [6, 6.07) is 5.38. The Bertz CT molecular complexity index is 564. The molecule has 1 aromatic carbocycles. The van der Waals surface area contributed by atoms with Crippen molar-refractivity contribution in [3.8, 4) is 0 Å². The van der Waals surface area contributed by atoms with Gasteiger partial charge in [0.05, 0.1) is 11.9 Å². The smallest absolute Gasteiger partial charge is 0.256 e. The van der Waals surface area contributed by atoms with Crippen LogP contribution in [0.1, 0.15) is 15.9 Å². The number of aromatic amines is 1. The molecule has 0 unspecified atom stereocenters. The molecule has 6 heteroatoms. The second kappa shape index (κ2) is 4.58. The summed E-state index contributed by atoms with van der Waals surface area (Å²) in [5.41, 5.74) is 7.63. The number of rotatable bonds is 2. The third kappa shape index (κ3) is 2.47. The number of nitrogens with one attached hydrogen (secondary N) is 2. The maximum absolute atomic E-state index is 11.9. The molecule has 0 saturated carbocycles. The average Bonchev–Trinajstić information content (AvgIpc) is 2.68. The molecule has 17 heavy (non-hydrogen) atoms. The third-order valence-corrected chi connectivity index (χ3v) is 3.20. The van der Waals surface area contributed by atoms with Crippen LogP contribution in [0.15, 0.2) is 28.9 Å². The van der Waals surface area contributed by atoms with Gasteiger partial charge in [-0.2, -0.15) is 5.10 Å². The zero-order valence-electron chi connectivity index (χ0n) is 9.12. The molecule has 0 spiro atoms. The number of nitrogens with zero attached hydrogens (tertiary/aromatic N) is 1. The molecule has 4 N–H and O–H groups in total. The molecule has 5 nitrogen and oxygen atoms in total. The fourth-order valence-corrected chi connectivity index (χ4v) is 1.69. The fourth-order valence-electron chi connectivity index (χ4n) is 1.32. The fraction of sp³-hybridized carbons (Fsp3) is 0.0909. The predicted molar refractivity (Wildman–Crippen MR) is 69.8 cm³/mol. The van der Waals surface area contributed by atoms with Crippen LogP contribution in [0, 0.1) is 6.92 Å². The van der Waals surface area contributed by atoms with E-state index in [-0.39, 0.29) is 5.91 Å². The van der Waals surface area contributed by atoms with Gasteiger partial charge in [-0.05, 0) is 24.6 Å². The highest BCUT2D eigenvalue weighted by atomic mass is 79.9. The molecule has 0 atom stereocenters. The topological polar surface area (TPSA) is 83.8 Å². The number of hydrogen-bond acceptors (Lipinski definition) is 3. The molecule has 0 aliphatic rings. The Morgan fingerprint density at radius 3 is 2.88 bits per heavy atom. The van der Waals surface area contributed by atoms with Gasteiger partial charge in [-0.3, -0.25) is 9.89 Å². The van der Waals surface area contributed by atoms with Gasteiger partial charge in [-0.15, -0.1) is 0 Å². The van der Waals surface area contributed by atoms with Gasteiger partial charge >= 0.3 is 0 Å². The van der Waals surface area contributed by atoms with E-state index < -0.39 is 0 Å². The van der Waals surface area contributed by atoms with Crippen LogP contribution < -0.4 is 11.1 Å². The van der Waals surface area contributed by atoms with Gasteiger partial charge in [0.25, 0.3) is 5.91 Å². The number of anilines is 2. The normalized spacial score (nSPS) is 10.2. The maximum atomic E-state index is 11.9. The van der Waals surface area contributed by atoms with E-state index in [2.05, 4.69) is 31.4 Å². The Kier molecular flexibility index (Phi) is 3.14. The first-order valence-corrected chi connectivity index (χ1v) is 5.73. The first-order chi connectivity index (χ1) is 8.08. The van der Waals surface area contributed by atoms with Crippen LogP contribution in [-0.4, -0.2) is 16.1 Å². The van der Waals surface area contributed by atoms with E-state index in [0.717, 1.165) is 10.0 Å². The second-order valence-electron chi connectivity index (χ2n) is 3.62. The monoisotopic (exact) mass is 294 g/mol. The summed E-state index contributed by atoms with van der Waals surface area (Å²) in [6.45, 7) is 1.96. The number of aryl methyl sites for hydroxylation is 1. The Morgan fingerprint density at radius 2 is 2.29 bits per heavy atom. The van der Waals surface area contributed by atoms with Crippen molar-refractivity contribution < 1.29 is 4.79 Å². The van der Waals surface area contributed by atoms with Crippen molar-refractivity contribution in [2.45, 2.75) is 6.92 Å². The van der Waals surface area contributed by atoms with Crippen LogP contribution in [0.25, 0.3) is 0 Å². The summed E-state index contributed by atoms with van der Waals surface area (Å²) in [7, 11) is 0.